The second-order valence-electron chi connectivity index (χ2n) is 5.71. The van der Waals surface area contributed by atoms with E-state index in [-0.39, 0.29) is 12.4 Å². The summed E-state index contributed by atoms with van der Waals surface area (Å²) in [7, 11) is 0. The second kappa shape index (κ2) is 8.34. The molecule has 3 heteroatoms. The van der Waals surface area contributed by atoms with Crippen LogP contribution >= 0.6 is 12.4 Å². The normalized spacial score (nSPS) is 27.7. The van der Waals surface area contributed by atoms with Crippen molar-refractivity contribution < 1.29 is 0 Å². The smallest absolute Gasteiger partial charge is 0.0218 e. The first-order valence-electron chi connectivity index (χ1n) is 7.34. The second-order valence-corrected chi connectivity index (χ2v) is 5.71. The molecule has 1 unspecified atom stereocenters. The third kappa shape index (κ3) is 4.76. The first-order valence-corrected chi connectivity index (χ1v) is 7.34. The molecule has 1 aliphatic heterocycles. The van der Waals surface area contributed by atoms with Crippen molar-refractivity contribution in [3.05, 3.63) is 0 Å². The number of piperidine rings is 1. The third-order valence-corrected chi connectivity index (χ3v) is 4.57. The highest BCUT2D eigenvalue weighted by Crippen LogP contribution is 2.27. The quantitative estimate of drug-likeness (QED) is 0.841. The molecule has 2 N–H and O–H groups in total. The van der Waals surface area contributed by atoms with Gasteiger partial charge in [-0.2, -0.15) is 0 Å². The van der Waals surface area contributed by atoms with Gasteiger partial charge in [-0.3, -0.25) is 4.90 Å². The lowest BCUT2D eigenvalue weighted by molar-refractivity contribution is 0.138. The zero-order chi connectivity index (χ0) is 11.2. The summed E-state index contributed by atoms with van der Waals surface area (Å²) >= 11 is 0. The van der Waals surface area contributed by atoms with Gasteiger partial charge in [-0.05, 0) is 38.3 Å². The van der Waals surface area contributed by atoms with Gasteiger partial charge in [-0.1, -0.05) is 38.5 Å². The van der Waals surface area contributed by atoms with Gasteiger partial charge in [0.05, 0.1) is 0 Å². The number of nitrogens with two attached hydrogens (primary N) is 1. The van der Waals surface area contributed by atoms with E-state index in [1.54, 1.807) is 0 Å². The largest absolute Gasteiger partial charge is 0.329 e. The Kier molecular flexibility index (Phi) is 7.49. The fourth-order valence-corrected chi connectivity index (χ4v) is 3.45. The molecule has 0 radical (unpaired) electrons. The highest BCUT2D eigenvalue weighted by atomic mass is 35.5. The molecule has 0 bridgehead atoms. The van der Waals surface area contributed by atoms with Crippen molar-refractivity contribution in [3.63, 3.8) is 0 Å². The standard InChI is InChI=1S/C14H28N2.ClH/c15-12-14-8-4-5-10-16(14)11-9-13-6-2-1-3-7-13;/h13-14H,1-12,15H2;1H. The van der Waals surface area contributed by atoms with Gasteiger partial charge in [-0.25, -0.2) is 0 Å². The highest BCUT2D eigenvalue weighted by Gasteiger charge is 2.22. The minimum absolute atomic E-state index is 0. The van der Waals surface area contributed by atoms with Crippen LogP contribution < -0.4 is 5.73 Å². The molecule has 2 fully saturated rings. The fourth-order valence-electron chi connectivity index (χ4n) is 3.45. The molecule has 1 saturated heterocycles. The summed E-state index contributed by atoms with van der Waals surface area (Å²) in [6.07, 6.45) is 12.9. The van der Waals surface area contributed by atoms with E-state index >= 15 is 0 Å². The van der Waals surface area contributed by atoms with E-state index in [0.717, 1.165) is 12.5 Å². The van der Waals surface area contributed by atoms with Crippen molar-refractivity contribution in [2.24, 2.45) is 11.7 Å². The first-order chi connectivity index (χ1) is 7.90. The maximum absolute atomic E-state index is 5.86. The molecule has 1 atom stereocenters. The van der Waals surface area contributed by atoms with Crippen molar-refractivity contribution in [1.29, 1.82) is 0 Å². The van der Waals surface area contributed by atoms with Gasteiger partial charge >= 0.3 is 0 Å². The van der Waals surface area contributed by atoms with E-state index < -0.39 is 0 Å². The predicted octanol–water partition coefficient (Wildman–Crippen LogP) is 3.19. The molecule has 2 rings (SSSR count). The Morgan fingerprint density at radius 2 is 1.65 bits per heavy atom. The van der Waals surface area contributed by atoms with Crippen molar-refractivity contribution >= 4 is 12.4 Å². The van der Waals surface area contributed by atoms with Crippen LogP contribution in [0.2, 0.25) is 0 Å². The maximum atomic E-state index is 5.86. The van der Waals surface area contributed by atoms with Gasteiger partial charge in [0.15, 0.2) is 0 Å². The van der Waals surface area contributed by atoms with Gasteiger partial charge in [0, 0.05) is 12.6 Å². The van der Waals surface area contributed by atoms with E-state index in [2.05, 4.69) is 4.90 Å². The molecule has 1 saturated carbocycles. The zero-order valence-corrected chi connectivity index (χ0v) is 11.9. The number of likely N-dealkylation sites (tertiary alicyclic amines) is 1. The van der Waals surface area contributed by atoms with E-state index in [0.29, 0.717) is 6.04 Å². The number of rotatable bonds is 4. The van der Waals surface area contributed by atoms with Crippen LogP contribution in [0.1, 0.15) is 57.8 Å². The van der Waals surface area contributed by atoms with Crippen molar-refractivity contribution in [1.82, 2.24) is 4.90 Å². The van der Waals surface area contributed by atoms with Gasteiger partial charge in [0.2, 0.25) is 0 Å². The average molecular weight is 261 g/mol. The molecule has 0 spiro atoms. The summed E-state index contributed by atoms with van der Waals surface area (Å²) in [5.74, 6) is 1.02. The third-order valence-electron chi connectivity index (χ3n) is 4.57. The Hall–Kier alpha value is 0.210. The summed E-state index contributed by atoms with van der Waals surface area (Å²) in [6.45, 7) is 3.48. The van der Waals surface area contributed by atoms with Crippen molar-refractivity contribution in [3.8, 4) is 0 Å². The summed E-state index contributed by atoms with van der Waals surface area (Å²) in [4.78, 5) is 2.66. The molecule has 2 aliphatic rings. The topological polar surface area (TPSA) is 29.3 Å². The van der Waals surface area contributed by atoms with Crippen LogP contribution in [0.5, 0.6) is 0 Å². The lowest BCUT2D eigenvalue weighted by Gasteiger charge is -2.36. The Labute approximate surface area is 113 Å². The van der Waals surface area contributed by atoms with Crippen molar-refractivity contribution in [2.45, 2.75) is 63.8 Å². The van der Waals surface area contributed by atoms with Gasteiger partial charge in [-0.15, -0.1) is 12.4 Å². The fraction of sp³-hybridized carbons (Fsp3) is 1.00. The van der Waals surface area contributed by atoms with Crippen LogP contribution in [0.15, 0.2) is 0 Å². The van der Waals surface area contributed by atoms with Gasteiger partial charge < -0.3 is 5.73 Å². The van der Waals surface area contributed by atoms with E-state index in [4.69, 9.17) is 5.73 Å². The first kappa shape index (κ1) is 15.3. The lowest BCUT2D eigenvalue weighted by Crippen LogP contribution is -2.44. The van der Waals surface area contributed by atoms with Crippen LogP contribution in [0.4, 0.5) is 0 Å². The molecule has 102 valence electrons. The average Bonchev–Trinajstić information content (AvgIpc) is 2.38. The van der Waals surface area contributed by atoms with Crippen LogP contribution in [0.25, 0.3) is 0 Å². The molecule has 0 amide bonds. The van der Waals surface area contributed by atoms with E-state index in [9.17, 15) is 0 Å². The monoisotopic (exact) mass is 260 g/mol. The molecule has 0 aromatic rings. The van der Waals surface area contributed by atoms with Crippen LogP contribution in [-0.4, -0.2) is 30.6 Å². The molecule has 1 heterocycles. The van der Waals surface area contributed by atoms with Crippen LogP contribution in [0.3, 0.4) is 0 Å². The number of hydrogen-bond acceptors (Lipinski definition) is 2. The minimum Gasteiger partial charge on any atom is -0.329 e. The Morgan fingerprint density at radius 1 is 0.941 bits per heavy atom. The summed E-state index contributed by atoms with van der Waals surface area (Å²) in [5, 5.41) is 0. The SMILES string of the molecule is Cl.NCC1CCCCN1CCC1CCCCC1. The molecule has 1 aliphatic carbocycles. The van der Waals surface area contributed by atoms with Gasteiger partial charge in [0.1, 0.15) is 0 Å². The minimum atomic E-state index is 0. The maximum Gasteiger partial charge on any atom is 0.0218 e. The Morgan fingerprint density at radius 3 is 2.35 bits per heavy atom. The molecule has 17 heavy (non-hydrogen) atoms. The van der Waals surface area contributed by atoms with Crippen LogP contribution in [0, 0.1) is 5.92 Å². The van der Waals surface area contributed by atoms with Crippen LogP contribution in [-0.2, 0) is 0 Å². The predicted molar refractivity (Wildman–Crippen MR) is 76.7 cm³/mol. The number of hydrogen-bond donors (Lipinski definition) is 1. The molecular formula is C14H29ClN2. The van der Waals surface area contributed by atoms with E-state index in [1.165, 1.54) is 70.9 Å². The number of halogens is 1. The highest BCUT2D eigenvalue weighted by molar-refractivity contribution is 5.85. The van der Waals surface area contributed by atoms with Crippen molar-refractivity contribution in [2.75, 3.05) is 19.6 Å². The van der Waals surface area contributed by atoms with E-state index in [1.807, 2.05) is 0 Å². The summed E-state index contributed by atoms with van der Waals surface area (Å²) < 4.78 is 0. The Balaban J connectivity index is 0.00000144. The molecule has 0 aromatic heterocycles. The summed E-state index contributed by atoms with van der Waals surface area (Å²) in [6, 6.07) is 0.692. The molecule has 2 nitrogen and oxygen atoms in total. The lowest BCUT2D eigenvalue weighted by atomic mass is 9.86. The molecular weight excluding hydrogens is 232 g/mol. The number of nitrogens with zero attached hydrogens (tertiary/aromatic N) is 1. The molecule has 0 aromatic carbocycles. The Bertz CT molecular complexity index is 193. The zero-order valence-electron chi connectivity index (χ0n) is 11.1. The summed E-state index contributed by atoms with van der Waals surface area (Å²) in [5.41, 5.74) is 5.86. The van der Waals surface area contributed by atoms with Gasteiger partial charge in [0.25, 0.3) is 0 Å².